The Hall–Kier alpha value is -0.610. The summed E-state index contributed by atoms with van der Waals surface area (Å²) < 4.78 is 5.43. The molecular weight excluding hydrogens is 228 g/mol. The first kappa shape index (κ1) is 12.4. The van der Waals surface area contributed by atoms with E-state index in [-0.39, 0.29) is 5.92 Å². The van der Waals surface area contributed by atoms with Crippen molar-refractivity contribution in [1.29, 1.82) is 0 Å². The quantitative estimate of drug-likeness (QED) is 0.812. The van der Waals surface area contributed by atoms with E-state index in [4.69, 9.17) is 4.74 Å². The smallest absolute Gasteiger partial charge is 0.227 e. The van der Waals surface area contributed by atoms with Gasteiger partial charge in [-0.15, -0.1) is 0 Å². The summed E-state index contributed by atoms with van der Waals surface area (Å²) in [6, 6.07) is 0.542. The Labute approximate surface area is 109 Å². The Bertz CT molecular complexity index is 292. The third-order valence-corrected chi connectivity index (χ3v) is 4.40. The van der Waals surface area contributed by atoms with Crippen molar-refractivity contribution in [3.05, 3.63) is 0 Å². The molecule has 1 amide bonds. The molecule has 0 spiro atoms. The molecule has 2 atom stereocenters. The highest BCUT2D eigenvalue weighted by Crippen LogP contribution is 2.31. The third-order valence-electron chi connectivity index (χ3n) is 4.40. The zero-order chi connectivity index (χ0) is 12.4. The summed E-state index contributed by atoms with van der Waals surface area (Å²) >= 11 is 0. The Morgan fingerprint density at radius 3 is 2.78 bits per heavy atom. The lowest BCUT2D eigenvalue weighted by Crippen LogP contribution is -2.45. The number of nitrogens with one attached hydrogen (secondary N) is 1. The number of carbonyl (C=O) groups excluding carboxylic acids is 1. The SMILES string of the molecule is O=C(C1CCCNC1)N(CC1CCOC1)C1CC1. The minimum atomic E-state index is 0.224. The van der Waals surface area contributed by atoms with Gasteiger partial charge in [0, 0.05) is 31.7 Å². The first-order valence-electron chi connectivity index (χ1n) is 7.43. The second-order valence-corrected chi connectivity index (χ2v) is 5.99. The molecule has 4 heteroatoms. The zero-order valence-corrected chi connectivity index (χ0v) is 11.1. The van der Waals surface area contributed by atoms with Crippen LogP contribution in [0.5, 0.6) is 0 Å². The third kappa shape index (κ3) is 2.86. The van der Waals surface area contributed by atoms with Crippen molar-refractivity contribution in [2.24, 2.45) is 11.8 Å². The molecule has 3 fully saturated rings. The van der Waals surface area contributed by atoms with Gasteiger partial charge in [0.05, 0.1) is 12.5 Å². The number of piperidine rings is 1. The van der Waals surface area contributed by atoms with Gasteiger partial charge in [-0.25, -0.2) is 0 Å². The number of hydrogen-bond donors (Lipinski definition) is 1. The van der Waals surface area contributed by atoms with Crippen molar-refractivity contribution < 1.29 is 9.53 Å². The maximum atomic E-state index is 12.6. The molecule has 4 nitrogen and oxygen atoms in total. The molecule has 1 N–H and O–H groups in total. The number of ether oxygens (including phenoxy) is 1. The van der Waals surface area contributed by atoms with Crippen LogP contribution in [0.15, 0.2) is 0 Å². The molecule has 18 heavy (non-hydrogen) atoms. The Morgan fingerprint density at radius 2 is 2.17 bits per heavy atom. The van der Waals surface area contributed by atoms with Crippen LogP contribution in [0, 0.1) is 11.8 Å². The van der Waals surface area contributed by atoms with Gasteiger partial charge in [-0.2, -0.15) is 0 Å². The van der Waals surface area contributed by atoms with E-state index in [1.54, 1.807) is 0 Å². The summed E-state index contributed by atoms with van der Waals surface area (Å²) in [5, 5.41) is 3.35. The standard InChI is InChI=1S/C14H24N2O2/c17-14(12-2-1-6-15-8-12)16(13-3-4-13)9-11-5-7-18-10-11/h11-13,15H,1-10H2. The maximum Gasteiger partial charge on any atom is 0.227 e. The van der Waals surface area contributed by atoms with Gasteiger partial charge in [-0.1, -0.05) is 0 Å². The molecule has 2 heterocycles. The lowest BCUT2D eigenvalue weighted by molar-refractivity contribution is -0.137. The minimum Gasteiger partial charge on any atom is -0.381 e. The van der Waals surface area contributed by atoms with Gasteiger partial charge in [0.15, 0.2) is 0 Å². The molecule has 0 aromatic rings. The van der Waals surface area contributed by atoms with Gasteiger partial charge < -0.3 is 15.0 Å². The van der Waals surface area contributed by atoms with Crippen LogP contribution in [-0.4, -0.2) is 49.7 Å². The van der Waals surface area contributed by atoms with Crippen LogP contribution in [0.1, 0.15) is 32.1 Å². The summed E-state index contributed by atoms with van der Waals surface area (Å²) in [5.41, 5.74) is 0. The fourth-order valence-corrected chi connectivity index (χ4v) is 3.11. The Morgan fingerprint density at radius 1 is 1.28 bits per heavy atom. The van der Waals surface area contributed by atoms with Gasteiger partial charge in [0.2, 0.25) is 5.91 Å². The molecule has 2 unspecified atom stereocenters. The second kappa shape index (κ2) is 5.57. The zero-order valence-electron chi connectivity index (χ0n) is 11.1. The molecule has 1 saturated carbocycles. The molecule has 2 saturated heterocycles. The first-order chi connectivity index (χ1) is 8.84. The number of carbonyl (C=O) groups is 1. The van der Waals surface area contributed by atoms with Crippen molar-refractivity contribution in [3.8, 4) is 0 Å². The fourth-order valence-electron chi connectivity index (χ4n) is 3.11. The second-order valence-electron chi connectivity index (χ2n) is 5.99. The highest BCUT2D eigenvalue weighted by atomic mass is 16.5. The van der Waals surface area contributed by atoms with Crippen molar-refractivity contribution in [3.63, 3.8) is 0 Å². The molecule has 0 aromatic heterocycles. The van der Waals surface area contributed by atoms with E-state index >= 15 is 0 Å². The minimum absolute atomic E-state index is 0.224. The van der Waals surface area contributed by atoms with E-state index in [0.717, 1.165) is 52.1 Å². The van der Waals surface area contributed by atoms with Crippen molar-refractivity contribution in [2.75, 3.05) is 32.8 Å². The van der Waals surface area contributed by atoms with E-state index in [9.17, 15) is 4.79 Å². The van der Waals surface area contributed by atoms with Gasteiger partial charge in [0.25, 0.3) is 0 Å². The molecule has 102 valence electrons. The van der Waals surface area contributed by atoms with Crippen LogP contribution in [0.4, 0.5) is 0 Å². The van der Waals surface area contributed by atoms with Crippen molar-refractivity contribution >= 4 is 5.91 Å². The monoisotopic (exact) mass is 252 g/mol. The number of nitrogens with zero attached hydrogens (tertiary/aromatic N) is 1. The summed E-state index contributed by atoms with van der Waals surface area (Å²) in [6.07, 6.45) is 5.75. The van der Waals surface area contributed by atoms with E-state index in [2.05, 4.69) is 10.2 Å². The van der Waals surface area contributed by atoms with E-state index in [1.165, 1.54) is 12.8 Å². The van der Waals surface area contributed by atoms with E-state index in [1.807, 2.05) is 0 Å². The predicted octanol–water partition coefficient (Wildman–Crippen LogP) is 1.01. The molecule has 2 aliphatic heterocycles. The van der Waals surface area contributed by atoms with Crippen LogP contribution >= 0.6 is 0 Å². The largest absolute Gasteiger partial charge is 0.381 e. The van der Waals surface area contributed by atoms with Gasteiger partial charge in [0.1, 0.15) is 0 Å². The summed E-state index contributed by atoms with van der Waals surface area (Å²) in [5.74, 6) is 1.20. The molecule has 0 aromatic carbocycles. The van der Waals surface area contributed by atoms with Crippen LogP contribution in [0.25, 0.3) is 0 Å². The molecule has 3 aliphatic rings. The highest BCUT2D eigenvalue weighted by Gasteiger charge is 2.37. The topological polar surface area (TPSA) is 41.6 Å². The maximum absolute atomic E-state index is 12.6. The molecule has 3 rings (SSSR count). The van der Waals surface area contributed by atoms with E-state index in [0.29, 0.717) is 17.9 Å². The Kier molecular flexibility index (Phi) is 3.85. The van der Waals surface area contributed by atoms with Crippen molar-refractivity contribution in [1.82, 2.24) is 10.2 Å². The van der Waals surface area contributed by atoms with Gasteiger partial charge in [-0.05, 0) is 38.6 Å². The van der Waals surface area contributed by atoms with Crippen molar-refractivity contribution in [2.45, 2.75) is 38.1 Å². The number of rotatable bonds is 4. The highest BCUT2D eigenvalue weighted by molar-refractivity contribution is 5.79. The number of amides is 1. The van der Waals surface area contributed by atoms with E-state index < -0.39 is 0 Å². The number of hydrogen-bond acceptors (Lipinski definition) is 3. The first-order valence-corrected chi connectivity index (χ1v) is 7.43. The molecule has 0 radical (unpaired) electrons. The fraction of sp³-hybridized carbons (Fsp3) is 0.929. The lowest BCUT2D eigenvalue weighted by atomic mass is 9.97. The van der Waals surface area contributed by atoms with Crippen LogP contribution in [0.3, 0.4) is 0 Å². The van der Waals surface area contributed by atoms with Crippen LogP contribution < -0.4 is 5.32 Å². The predicted molar refractivity (Wildman–Crippen MR) is 69.3 cm³/mol. The van der Waals surface area contributed by atoms with Crippen LogP contribution in [-0.2, 0) is 9.53 Å². The molecular formula is C14H24N2O2. The Balaban J connectivity index is 1.59. The summed E-state index contributed by atoms with van der Waals surface area (Å²) in [4.78, 5) is 14.8. The molecule has 0 bridgehead atoms. The van der Waals surface area contributed by atoms with Crippen LogP contribution in [0.2, 0.25) is 0 Å². The average molecular weight is 252 g/mol. The van der Waals surface area contributed by atoms with Gasteiger partial charge in [-0.3, -0.25) is 4.79 Å². The van der Waals surface area contributed by atoms with Gasteiger partial charge >= 0.3 is 0 Å². The lowest BCUT2D eigenvalue weighted by Gasteiger charge is -2.31. The summed E-state index contributed by atoms with van der Waals surface area (Å²) in [7, 11) is 0. The molecule has 1 aliphatic carbocycles. The normalized spacial score (nSPS) is 32.4. The average Bonchev–Trinajstić information content (AvgIpc) is 3.13. The summed E-state index contributed by atoms with van der Waals surface area (Å²) in [6.45, 7) is 4.61.